The first-order valence-corrected chi connectivity index (χ1v) is 13.2. The van der Waals surface area contributed by atoms with Crippen LogP contribution in [-0.4, -0.2) is 39.8 Å². The number of aromatic nitrogens is 1. The summed E-state index contributed by atoms with van der Waals surface area (Å²) in [6.45, 7) is 3.97. The Bertz CT molecular complexity index is 1530. The molecule has 3 N–H and O–H groups in total. The molecule has 1 aliphatic heterocycles. The number of carbonyl (C=O) groups is 3. The van der Waals surface area contributed by atoms with Crippen molar-refractivity contribution >= 4 is 34.6 Å². The molecule has 5 rings (SSSR count). The van der Waals surface area contributed by atoms with E-state index in [2.05, 4.69) is 20.7 Å². The molecule has 1 aromatic heterocycles. The Balaban J connectivity index is 1.48. The normalized spacial score (nSPS) is 15.9. The van der Waals surface area contributed by atoms with E-state index in [1.54, 1.807) is 18.3 Å². The zero-order valence-electron chi connectivity index (χ0n) is 22.3. The van der Waals surface area contributed by atoms with Crippen molar-refractivity contribution in [1.82, 2.24) is 20.6 Å². The maximum absolute atomic E-state index is 14.2. The monoisotopic (exact) mass is 537 g/mol. The van der Waals surface area contributed by atoms with Gasteiger partial charge in [0.25, 0.3) is 11.8 Å². The molecule has 9 heteroatoms. The smallest absolute Gasteiger partial charge is 0.408 e. The summed E-state index contributed by atoms with van der Waals surface area (Å²) >= 11 is 0. The lowest BCUT2D eigenvalue weighted by atomic mass is 9.99. The second kappa shape index (κ2) is 11.9. The number of H-pyrrole nitrogens is 1. The highest BCUT2D eigenvalue weighted by Gasteiger charge is 2.41. The summed E-state index contributed by atoms with van der Waals surface area (Å²) in [5.41, 5.74) is 2.92. The van der Waals surface area contributed by atoms with Gasteiger partial charge in [0.15, 0.2) is 11.9 Å². The van der Waals surface area contributed by atoms with E-state index in [1.165, 1.54) is 5.01 Å². The number of amidine groups is 1. The van der Waals surface area contributed by atoms with Gasteiger partial charge in [0.1, 0.15) is 12.6 Å². The molecule has 1 aliphatic rings. The van der Waals surface area contributed by atoms with E-state index in [4.69, 9.17) is 4.74 Å². The molecule has 0 saturated heterocycles. The van der Waals surface area contributed by atoms with Gasteiger partial charge in [-0.25, -0.2) is 9.80 Å². The number of hydrogen-bond acceptors (Lipinski definition) is 5. The largest absolute Gasteiger partial charge is 0.445 e. The summed E-state index contributed by atoms with van der Waals surface area (Å²) in [5.74, 6) is -0.595. The molecule has 4 aromatic rings. The molecule has 40 heavy (non-hydrogen) atoms. The Morgan fingerprint density at radius 1 is 0.975 bits per heavy atom. The van der Waals surface area contributed by atoms with Crippen LogP contribution in [0.5, 0.6) is 0 Å². The fourth-order valence-corrected chi connectivity index (χ4v) is 4.74. The van der Waals surface area contributed by atoms with E-state index in [-0.39, 0.29) is 18.4 Å². The van der Waals surface area contributed by atoms with Crippen LogP contribution < -0.4 is 10.6 Å². The standard InChI is InChI=1S/C31H31N5O4/c1-20(2)17-26(33-31(39)40-19-21-11-5-3-6-12-21)30(38)36-27(24-18-32-25-16-10-9-15-23(24)25)29(37)34-28(35-36)22-13-7-4-8-14-22/h3-16,18,20,26-27,32H,17,19H2,1-2H3,(H,33,39)(H,34,35,37)/t26-,27+/m1/s1. The van der Waals surface area contributed by atoms with Crippen molar-refractivity contribution < 1.29 is 19.1 Å². The van der Waals surface area contributed by atoms with Gasteiger partial charge < -0.3 is 20.4 Å². The molecular formula is C31H31N5O4. The van der Waals surface area contributed by atoms with E-state index in [0.717, 1.165) is 16.5 Å². The predicted octanol–water partition coefficient (Wildman–Crippen LogP) is 4.87. The molecule has 0 unspecified atom stereocenters. The van der Waals surface area contributed by atoms with Crippen LogP contribution in [0.2, 0.25) is 0 Å². The number of amides is 3. The number of ether oxygens (including phenoxy) is 1. The maximum atomic E-state index is 14.2. The molecule has 0 saturated carbocycles. The third-order valence-electron chi connectivity index (χ3n) is 6.64. The molecule has 2 atom stereocenters. The average Bonchev–Trinajstić information content (AvgIpc) is 3.39. The predicted molar refractivity (Wildman–Crippen MR) is 152 cm³/mol. The second-order valence-corrected chi connectivity index (χ2v) is 10.1. The lowest BCUT2D eigenvalue weighted by Gasteiger charge is -2.34. The highest BCUT2D eigenvalue weighted by Crippen LogP contribution is 2.32. The van der Waals surface area contributed by atoms with Gasteiger partial charge in [-0.3, -0.25) is 9.59 Å². The van der Waals surface area contributed by atoms with Crippen molar-refractivity contribution in [3.05, 3.63) is 108 Å². The number of alkyl carbamates (subject to hydrolysis) is 1. The second-order valence-electron chi connectivity index (χ2n) is 10.1. The van der Waals surface area contributed by atoms with Gasteiger partial charge in [0.2, 0.25) is 0 Å². The summed E-state index contributed by atoms with van der Waals surface area (Å²) in [6, 6.07) is 23.9. The van der Waals surface area contributed by atoms with E-state index in [9.17, 15) is 14.4 Å². The number of nitrogens with zero attached hydrogens (tertiary/aromatic N) is 2. The van der Waals surface area contributed by atoms with E-state index >= 15 is 0 Å². The highest BCUT2D eigenvalue weighted by atomic mass is 16.5. The molecule has 3 amide bonds. The van der Waals surface area contributed by atoms with Crippen molar-refractivity contribution in [1.29, 1.82) is 0 Å². The first kappa shape index (κ1) is 26.7. The van der Waals surface area contributed by atoms with Crippen LogP contribution in [0.15, 0.2) is 96.2 Å². The molecule has 0 radical (unpaired) electrons. The van der Waals surface area contributed by atoms with Gasteiger partial charge in [-0.05, 0) is 24.0 Å². The Labute approximate surface area is 232 Å². The van der Waals surface area contributed by atoms with Crippen LogP contribution in [-0.2, 0) is 20.9 Å². The fraction of sp³-hybridized carbons (Fsp3) is 0.226. The zero-order valence-corrected chi connectivity index (χ0v) is 22.3. The van der Waals surface area contributed by atoms with Crippen LogP contribution in [0.25, 0.3) is 10.9 Å². The number of fused-ring (bicyclic) bond motifs is 1. The fourth-order valence-electron chi connectivity index (χ4n) is 4.74. The molecule has 0 aliphatic carbocycles. The number of benzene rings is 3. The van der Waals surface area contributed by atoms with Crippen LogP contribution in [0.3, 0.4) is 0 Å². The number of carbonyl (C=O) groups excluding carboxylic acids is 3. The van der Waals surface area contributed by atoms with Crippen molar-refractivity contribution in [3.8, 4) is 0 Å². The Morgan fingerprint density at radius 2 is 1.65 bits per heavy atom. The Morgan fingerprint density at radius 3 is 2.38 bits per heavy atom. The topological polar surface area (TPSA) is 116 Å². The molecule has 0 fully saturated rings. The van der Waals surface area contributed by atoms with Crippen molar-refractivity contribution in [2.45, 2.75) is 39.0 Å². The van der Waals surface area contributed by atoms with E-state index < -0.39 is 30.0 Å². The third kappa shape index (κ3) is 5.88. The zero-order chi connectivity index (χ0) is 28.1. The maximum Gasteiger partial charge on any atom is 0.408 e. The summed E-state index contributed by atoms with van der Waals surface area (Å²) in [6.07, 6.45) is 1.33. The van der Waals surface area contributed by atoms with Crippen LogP contribution >= 0.6 is 0 Å². The summed E-state index contributed by atoms with van der Waals surface area (Å²) < 4.78 is 5.41. The van der Waals surface area contributed by atoms with Crippen LogP contribution in [0.4, 0.5) is 4.79 Å². The quantitative estimate of drug-likeness (QED) is 0.297. The number of para-hydroxylation sites is 1. The van der Waals surface area contributed by atoms with Gasteiger partial charge in [-0.2, -0.15) is 5.10 Å². The van der Waals surface area contributed by atoms with Gasteiger partial charge in [0.05, 0.1) is 0 Å². The molecule has 9 nitrogen and oxygen atoms in total. The number of aromatic amines is 1. The number of hydrogen-bond donors (Lipinski definition) is 3. The minimum Gasteiger partial charge on any atom is -0.445 e. The Kier molecular flexibility index (Phi) is 7.91. The molecule has 3 aromatic carbocycles. The summed E-state index contributed by atoms with van der Waals surface area (Å²) in [7, 11) is 0. The third-order valence-corrected chi connectivity index (χ3v) is 6.64. The van der Waals surface area contributed by atoms with Crippen LogP contribution in [0.1, 0.15) is 43.0 Å². The van der Waals surface area contributed by atoms with Crippen molar-refractivity contribution in [3.63, 3.8) is 0 Å². The average molecular weight is 538 g/mol. The molecule has 2 heterocycles. The lowest BCUT2D eigenvalue weighted by Crippen LogP contribution is -2.55. The SMILES string of the molecule is CC(C)C[C@@H](NC(=O)OCc1ccccc1)C(=O)N1N=C(c2ccccc2)NC(=O)[C@@H]1c1c[nH]c2ccccc12. The molecule has 204 valence electrons. The highest BCUT2D eigenvalue weighted by molar-refractivity contribution is 6.12. The Hall–Kier alpha value is -4.92. The number of rotatable bonds is 8. The molecule has 0 bridgehead atoms. The van der Waals surface area contributed by atoms with Crippen molar-refractivity contribution in [2.75, 3.05) is 0 Å². The molecular weight excluding hydrogens is 506 g/mol. The van der Waals surface area contributed by atoms with Gasteiger partial charge in [-0.15, -0.1) is 0 Å². The van der Waals surface area contributed by atoms with E-state index in [1.807, 2.05) is 86.6 Å². The first-order valence-electron chi connectivity index (χ1n) is 13.2. The van der Waals surface area contributed by atoms with Gasteiger partial charge >= 0.3 is 6.09 Å². The number of nitrogens with one attached hydrogen (secondary N) is 3. The van der Waals surface area contributed by atoms with E-state index in [0.29, 0.717) is 17.5 Å². The molecule has 0 spiro atoms. The van der Waals surface area contributed by atoms with Crippen molar-refractivity contribution in [2.24, 2.45) is 11.0 Å². The van der Waals surface area contributed by atoms with Gasteiger partial charge in [-0.1, -0.05) is 92.7 Å². The lowest BCUT2D eigenvalue weighted by molar-refractivity contribution is -0.143. The minimum atomic E-state index is -1.05. The summed E-state index contributed by atoms with van der Waals surface area (Å²) in [4.78, 5) is 43.8. The minimum absolute atomic E-state index is 0.0612. The van der Waals surface area contributed by atoms with Crippen LogP contribution in [0, 0.1) is 5.92 Å². The van der Waals surface area contributed by atoms with Gasteiger partial charge in [0, 0.05) is 28.2 Å². The first-order chi connectivity index (χ1) is 19.4. The summed E-state index contributed by atoms with van der Waals surface area (Å²) in [5, 5.41) is 12.2. The number of hydrazone groups is 1.